The largest absolute Gasteiger partial charge is 0.484 e. The Balaban J connectivity index is 1.39. The highest BCUT2D eigenvalue weighted by Crippen LogP contribution is 2.29. The highest BCUT2D eigenvalue weighted by Gasteiger charge is 2.15. The lowest BCUT2D eigenvalue weighted by Crippen LogP contribution is -2.31. The molecule has 0 atom stereocenters. The molecular weight excluding hydrogens is 468 g/mol. The first-order valence-electron chi connectivity index (χ1n) is 12.0. The summed E-state index contributed by atoms with van der Waals surface area (Å²) in [6.07, 6.45) is 5.36. The lowest BCUT2D eigenvalue weighted by atomic mass is 10.1. The SMILES string of the molecule is CC(C)CNC(=O)COc1cccc(-c2nc(Nc3ccc(-c4cn[nH]c4)cc3)c3c(cnn3C)n2)c1. The summed E-state index contributed by atoms with van der Waals surface area (Å²) < 4.78 is 7.46. The van der Waals surface area contributed by atoms with Gasteiger partial charge < -0.3 is 15.4 Å². The molecule has 3 N–H and O–H groups in total. The number of amides is 1. The maximum atomic E-state index is 12.0. The van der Waals surface area contributed by atoms with Gasteiger partial charge in [-0.15, -0.1) is 0 Å². The van der Waals surface area contributed by atoms with Crippen molar-refractivity contribution in [2.45, 2.75) is 13.8 Å². The Hall–Kier alpha value is -4.73. The van der Waals surface area contributed by atoms with E-state index in [1.165, 1.54) is 0 Å². The minimum absolute atomic E-state index is 0.0553. The number of H-pyrrole nitrogens is 1. The van der Waals surface area contributed by atoms with Gasteiger partial charge >= 0.3 is 0 Å². The summed E-state index contributed by atoms with van der Waals surface area (Å²) in [6, 6.07) is 15.4. The fraction of sp³-hybridized carbons (Fsp3) is 0.222. The van der Waals surface area contributed by atoms with E-state index in [0.29, 0.717) is 35.4 Å². The van der Waals surface area contributed by atoms with Gasteiger partial charge in [0.25, 0.3) is 5.91 Å². The Morgan fingerprint density at radius 3 is 2.65 bits per heavy atom. The minimum Gasteiger partial charge on any atom is -0.484 e. The van der Waals surface area contributed by atoms with E-state index in [9.17, 15) is 4.79 Å². The zero-order valence-corrected chi connectivity index (χ0v) is 20.9. The zero-order valence-electron chi connectivity index (χ0n) is 20.9. The van der Waals surface area contributed by atoms with Crippen LogP contribution in [0.1, 0.15) is 13.8 Å². The number of ether oxygens (including phenoxy) is 1. The van der Waals surface area contributed by atoms with Gasteiger partial charge in [-0.05, 0) is 35.7 Å². The summed E-state index contributed by atoms with van der Waals surface area (Å²) in [5, 5.41) is 17.5. The van der Waals surface area contributed by atoms with E-state index in [0.717, 1.165) is 27.9 Å². The number of hydrogen-bond donors (Lipinski definition) is 3. The summed E-state index contributed by atoms with van der Waals surface area (Å²) in [5.74, 6) is 1.95. The summed E-state index contributed by atoms with van der Waals surface area (Å²) in [5.41, 5.74) is 5.22. The molecule has 0 unspecified atom stereocenters. The molecule has 0 saturated heterocycles. The zero-order chi connectivity index (χ0) is 25.8. The molecule has 1 amide bonds. The first kappa shape index (κ1) is 24.0. The second-order valence-electron chi connectivity index (χ2n) is 9.10. The van der Waals surface area contributed by atoms with Crippen molar-refractivity contribution in [3.05, 3.63) is 67.1 Å². The second-order valence-corrected chi connectivity index (χ2v) is 9.10. The molecule has 0 spiro atoms. The van der Waals surface area contributed by atoms with Crippen LogP contribution in [-0.4, -0.2) is 49.0 Å². The van der Waals surface area contributed by atoms with Crippen LogP contribution in [0, 0.1) is 5.92 Å². The van der Waals surface area contributed by atoms with Crippen molar-refractivity contribution in [3.63, 3.8) is 0 Å². The number of aromatic amines is 1. The van der Waals surface area contributed by atoms with Crippen molar-refractivity contribution in [2.75, 3.05) is 18.5 Å². The predicted molar refractivity (Wildman–Crippen MR) is 142 cm³/mol. The van der Waals surface area contributed by atoms with E-state index >= 15 is 0 Å². The molecule has 0 radical (unpaired) electrons. The third kappa shape index (κ3) is 5.58. The number of aryl methyl sites for hydroxylation is 1. The van der Waals surface area contributed by atoms with Crippen LogP contribution in [0.5, 0.6) is 5.75 Å². The highest BCUT2D eigenvalue weighted by atomic mass is 16.5. The van der Waals surface area contributed by atoms with Crippen LogP contribution in [0.15, 0.2) is 67.1 Å². The molecule has 5 rings (SSSR count). The number of nitrogens with zero attached hydrogens (tertiary/aromatic N) is 5. The van der Waals surface area contributed by atoms with Gasteiger partial charge in [0.05, 0.1) is 12.4 Å². The molecule has 0 bridgehead atoms. The fourth-order valence-electron chi connectivity index (χ4n) is 3.83. The number of rotatable bonds is 9. The van der Waals surface area contributed by atoms with E-state index in [4.69, 9.17) is 14.7 Å². The van der Waals surface area contributed by atoms with Gasteiger partial charge in [-0.3, -0.25) is 14.6 Å². The highest BCUT2D eigenvalue weighted by molar-refractivity contribution is 5.89. The fourth-order valence-corrected chi connectivity index (χ4v) is 3.83. The molecular formula is C27H28N8O2. The normalized spacial score (nSPS) is 11.1. The van der Waals surface area contributed by atoms with E-state index in [-0.39, 0.29) is 12.5 Å². The summed E-state index contributed by atoms with van der Waals surface area (Å²) >= 11 is 0. The molecule has 0 saturated carbocycles. The van der Waals surface area contributed by atoms with E-state index < -0.39 is 0 Å². The lowest BCUT2D eigenvalue weighted by molar-refractivity contribution is -0.123. The number of nitrogens with one attached hydrogen (secondary N) is 3. The summed E-state index contributed by atoms with van der Waals surface area (Å²) in [6.45, 7) is 4.65. The number of hydrogen-bond acceptors (Lipinski definition) is 7. The third-order valence-electron chi connectivity index (χ3n) is 5.74. The number of carbonyl (C=O) groups excluding carboxylic acids is 1. The smallest absolute Gasteiger partial charge is 0.257 e. The van der Waals surface area contributed by atoms with Crippen molar-refractivity contribution in [2.24, 2.45) is 13.0 Å². The van der Waals surface area contributed by atoms with Crippen LogP contribution in [0.25, 0.3) is 33.5 Å². The molecule has 0 aliphatic carbocycles. The standard InChI is InChI=1S/C27H28N8O2/c1-17(2)12-28-24(36)16-37-22-6-4-5-19(11-22)26-33-23-15-31-35(3)25(23)27(34-26)32-21-9-7-18(8-10-21)20-13-29-30-14-20/h4-11,13-15,17H,12,16H2,1-3H3,(H,28,36)(H,29,30)(H,32,33,34). The van der Waals surface area contributed by atoms with Gasteiger partial charge in [-0.25, -0.2) is 9.97 Å². The maximum absolute atomic E-state index is 12.0. The van der Waals surface area contributed by atoms with Crippen LogP contribution in [0.2, 0.25) is 0 Å². The first-order valence-corrected chi connectivity index (χ1v) is 12.0. The number of fused-ring (bicyclic) bond motifs is 1. The molecule has 0 fully saturated rings. The van der Waals surface area contributed by atoms with Crippen molar-refractivity contribution in [3.8, 4) is 28.3 Å². The minimum atomic E-state index is -0.155. The number of aromatic nitrogens is 6. The molecule has 0 aliphatic rings. The number of anilines is 2. The van der Waals surface area contributed by atoms with Crippen LogP contribution in [0.3, 0.4) is 0 Å². The molecule has 10 nitrogen and oxygen atoms in total. The van der Waals surface area contributed by atoms with Crippen LogP contribution in [0.4, 0.5) is 11.5 Å². The maximum Gasteiger partial charge on any atom is 0.257 e. The van der Waals surface area contributed by atoms with E-state index in [2.05, 4.69) is 25.9 Å². The average molecular weight is 497 g/mol. The molecule has 3 aromatic heterocycles. The number of benzene rings is 2. The molecule has 188 valence electrons. The lowest BCUT2D eigenvalue weighted by Gasteiger charge is -2.12. The average Bonchev–Trinajstić information content (AvgIpc) is 3.57. The Bertz CT molecular complexity index is 1510. The Morgan fingerprint density at radius 1 is 1.05 bits per heavy atom. The van der Waals surface area contributed by atoms with Crippen molar-refractivity contribution in [1.82, 2.24) is 35.3 Å². The van der Waals surface area contributed by atoms with Gasteiger partial charge in [0.2, 0.25) is 0 Å². The van der Waals surface area contributed by atoms with Gasteiger partial charge in [0.15, 0.2) is 18.2 Å². The Kier molecular flexibility index (Phi) is 6.80. The second kappa shape index (κ2) is 10.5. The molecule has 5 aromatic rings. The van der Waals surface area contributed by atoms with Crippen molar-refractivity contribution in [1.29, 1.82) is 0 Å². The summed E-state index contributed by atoms with van der Waals surface area (Å²) in [7, 11) is 1.86. The van der Waals surface area contributed by atoms with Gasteiger partial charge in [-0.1, -0.05) is 38.1 Å². The monoisotopic (exact) mass is 496 g/mol. The molecule has 10 heteroatoms. The van der Waals surface area contributed by atoms with Gasteiger partial charge in [0.1, 0.15) is 16.8 Å². The van der Waals surface area contributed by atoms with Crippen LogP contribution >= 0.6 is 0 Å². The first-order chi connectivity index (χ1) is 18.0. The predicted octanol–water partition coefficient (Wildman–Crippen LogP) is 4.32. The van der Waals surface area contributed by atoms with Crippen LogP contribution in [-0.2, 0) is 11.8 Å². The van der Waals surface area contributed by atoms with E-state index in [1.807, 2.05) is 75.6 Å². The summed E-state index contributed by atoms with van der Waals surface area (Å²) in [4.78, 5) is 21.6. The molecule has 0 aliphatic heterocycles. The van der Waals surface area contributed by atoms with Gasteiger partial charge in [-0.2, -0.15) is 10.2 Å². The van der Waals surface area contributed by atoms with Crippen molar-refractivity contribution >= 4 is 28.4 Å². The van der Waals surface area contributed by atoms with Crippen LogP contribution < -0.4 is 15.4 Å². The van der Waals surface area contributed by atoms with Crippen molar-refractivity contribution < 1.29 is 9.53 Å². The Morgan fingerprint density at radius 2 is 1.89 bits per heavy atom. The van der Waals surface area contributed by atoms with E-state index in [1.54, 1.807) is 17.1 Å². The Labute approximate surface area is 214 Å². The topological polar surface area (TPSA) is 123 Å². The number of carbonyl (C=O) groups is 1. The molecule has 37 heavy (non-hydrogen) atoms. The quantitative estimate of drug-likeness (QED) is 0.278. The molecule has 3 heterocycles. The van der Waals surface area contributed by atoms with Gasteiger partial charge in [0, 0.05) is 36.6 Å². The third-order valence-corrected chi connectivity index (χ3v) is 5.74. The molecule has 2 aromatic carbocycles.